The number of nitrogens with two attached hydrogens (primary N) is 1. The van der Waals surface area contributed by atoms with Crippen molar-refractivity contribution in [3.8, 4) is 34.0 Å². The third-order valence-electron chi connectivity index (χ3n) is 4.98. The molecule has 4 rings (SSSR count). The summed E-state index contributed by atoms with van der Waals surface area (Å²) in [5, 5.41) is 17.6. The molecule has 2 N–H and O–H groups in total. The summed E-state index contributed by atoms with van der Waals surface area (Å²) in [6, 6.07) is 19.6. The van der Waals surface area contributed by atoms with E-state index in [0.29, 0.717) is 23.4 Å². The van der Waals surface area contributed by atoms with Crippen LogP contribution in [0.15, 0.2) is 71.6 Å². The van der Waals surface area contributed by atoms with Crippen molar-refractivity contribution in [1.82, 2.24) is 20.2 Å². The number of rotatable bonds is 7. The monoisotopic (exact) mass is 451 g/mol. The Balaban J connectivity index is 1.86. The minimum Gasteiger partial charge on any atom is -0.497 e. The number of tetrazole rings is 1. The largest absolute Gasteiger partial charge is 0.497 e. The Bertz CT molecular complexity index is 1330. The van der Waals surface area contributed by atoms with Crippen LogP contribution in [0.5, 0.6) is 11.5 Å². The molecule has 0 saturated heterocycles. The van der Waals surface area contributed by atoms with E-state index in [1.807, 2.05) is 36.4 Å². The van der Waals surface area contributed by atoms with Crippen molar-refractivity contribution < 1.29 is 17.9 Å². The van der Waals surface area contributed by atoms with Crippen LogP contribution in [0.1, 0.15) is 5.56 Å². The Morgan fingerprint density at radius 3 is 2.12 bits per heavy atom. The van der Waals surface area contributed by atoms with Crippen molar-refractivity contribution in [3.05, 3.63) is 72.3 Å². The average molecular weight is 452 g/mol. The summed E-state index contributed by atoms with van der Waals surface area (Å²) in [7, 11) is -0.876. The molecule has 9 nitrogen and oxygen atoms in total. The number of ether oxygens (including phenoxy) is 2. The summed E-state index contributed by atoms with van der Waals surface area (Å²) < 4.78 is 36.8. The van der Waals surface area contributed by atoms with E-state index in [0.717, 1.165) is 16.9 Å². The summed E-state index contributed by atoms with van der Waals surface area (Å²) in [5.41, 5.74) is 2.65. The van der Waals surface area contributed by atoms with Gasteiger partial charge in [-0.15, -0.1) is 5.10 Å². The second-order valence-corrected chi connectivity index (χ2v) is 8.49. The summed E-state index contributed by atoms with van der Waals surface area (Å²) in [6.07, 6.45) is 0. The quantitative estimate of drug-likeness (QED) is 0.458. The Morgan fingerprint density at radius 2 is 1.53 bits per heavy atom. The van der Waals surface area contributed by atoms with Crippen LogP contribution in [0, 0.1) is 0 Å². The maximum Gasteiger partial charge on any atom is 0.238 e. The van der Waals surface area contributed by atoms with Crippen LogP contribution < -0.4 is 14.6 Å². The fraction of sp³-hybridized carbons (Fsp3) is 0.136. The molecule has 3 aromatic carbocycles. The maximum atomic E-state index is 12.4. The second kappa shape index (κ2) is 8.77. The molecule has 4 aromatic rings. The summed E-state index contributed by atoms with van der Waals surface area (Å²) in [6.45, 7) is 0.327. The van der Waals surface area contributed by atoms with Gasteiger partial charge in [-0.2, -0.15) is 0 Å². The maximum absolute atomic E-state index is 12.4. The highest BCUT2D eigenvalue weighted by Crippen LogP contribution is 2.36. The minimum absolute atomic E-state index is 0.0587. The molecule has 1 aromatic heterocycles. The van der Waals surface area contributed by atoms with Crippen LogP contribution >= 0.6 is 0 Å². The number of methoxy groups -OCH3 is 2. The van der Waals surface area contributed by atoms with Crippen molar-refractivity contribution in [3.63, 3.8) is 0 Å². The van der Waals surface area contributed by atoms with E-state index in [1.165, 1.54) is 6.07 Å². The lowest BCUT2D eigenvalue weighted by molar-refractivity contribution is 0.414. The minimum atomic E-state index is -4.05. The molecule has 164 valence electrons. The van der Waals surface area contributed by atoms with Gasteiger partial charge in [0, 0.05) is 5.56 Å². The smallest absolute Gasteiger partial charge is 0.238 e. The molecule has 0 aliphatic heterocycles. The third-order valence-corrected chi connectivity index (χ3v) is 5.93. The molecular weight excluding hydrogens is 430 g/mol. The van der Waals surface area contributed by atoms with Crippen LogP contribution in [0.25, 0.3) is 22.5 Å². The van der Waals surface area contributed by atoms with Crippen LogP contribution in [0.4, 0.5) is 0 Å². The number of benzene rings is 3. The predicted octanol–water partition coefficient (Wildman–Crippen LogP) is 2.72. The van der Waals surface area contributed by atoms with Crippen molar-refractivity contribution in [1.29, 1.82) is 0 Å². The van der Waals surface area contributed by atoms with E-state index in [1.54, 1.807) is 43.2 Å². The van der Waals surface area contributed by atoms with E-state index in [9.17, 15) is 8.42 Å². The zero-order valence-electron chi connectivity index (χ0n) is 17.5. The van der Waals surface area contributed by atoms with Crippen molar-refractivity contribution in [2.45, 2.75) is 11.4 Å². The molecule has 0 bridgehead atoms. The first-order valence-electron chi connectivity index (χ1n) is 9.60. The molecule has 0 radical (unpaired) electrons. The second-order valence-electron chi connectivity index (χ2n) is 6.96. The van der Waals surface area contributed by atoms with Crippen LogP contribution in [-0.2, 0) is 16.6 Å². The van der Waals surface area contributed by atoms with Crippen molar-refractivity contribution >= 4 is 10.0 Å². The van der Waals surface area contributed by atoms with Gasteiger partial charge in [-0.05, 0) is 57.4 Å². The van der Waals surface area contributed by atoms with Gasteiger partial charge in [-0.25, -0.2) is 18.2 Å². The van der Waals surface area contributed by atoms with Gasteiger partial charge >= 0.3 is 0 Å². The first-order valence-corrected chi connectivity index (χ1v) is 11.1. The lowest BCUT2D eigenvalue weighted by Gasteiger charge is -2.14. The van der Waals surface area contributed by atoms with Gasteiger partial charge < -0.3 is 9.47 Å². The van der Waals surface area contributed by atoms with Crippen LogP contribution in [-0.4, -0.2) is 42.8 Å². The fourth-order valence-electron chi connectivity index (χ4n) is 3.40. The molecule has 0 amide bonds. The van der Waals surface area contributed by atoms with E-state index in [4.69, 9.17) is 14.6 Å². The molecule has 1 heterocycles. The highest BCUT2D eigenvalue weighted by molar-refractivity contribution is 7.89. The SMILES string of the molecule is COc1ccc(Cn2nnnc2-c2c(-c3ccc(OC)cc3)cccc2S(N)(=O)=O)cc1. The number of primary sulfonamides is 1. The normalized spacial score (nSPS) is 11.3. The first-order chi connectivity index (χ1) is 15.4. The molecule has 0 unspecified atom stereocenters. The molecule has 0 fully saturated rings. The Kier molecular flexibility index (Phi) is 5.89. The lowest BCUT2D eigenvalue weighted by Crippen LogP contribution is -2.15. The Morgan fingerprint density at radius 1 is 0.906 bits per heavy atom. The zero-order chi connectivity index (χ0) is 22.7. The van der Waals surface area contributed by atoms with Crippen LogP contribution in [0.3, 0.4) is 0 Å². The summed E-state index contributed by atoms with van der Waals surface area (Å²) in [4.78, 5) is -0.0587. The number of hydrogen-bond acceptors (Lipinski definition) is 7. The van der Waals surface area contributed by atoms with Gasteiger partial charge in [-0.3, -0.25) is 0 Å². The van der Waals surface area contributed by atoms with Gasteiger partial charge in [-0.1, -0.05) is 36.4 Å². The van der Waals surface area contributed by atoms with E-state index >= 15 is 0 Å². The van der Waals surface area contributed by atoms with Crippen molar-refractivity contribution in [2.75, 3.05) is 14.2 Å². The Labute approximate surface area is 185 Å². The molecule has 10 heteroatoms. The average Bonchev–Trinajstić information content (AvgIpc) is 3.26. The van der Waals surface area contributed by atoms with E-state index in [2.05, 4.69) is 15.5 Å². The molecule has 32 heavy (non-hydrogen) atoms. The molecule has 0 aliphatic rings. The summed E-state index contributed by atoms with van der Waals surface area (Å²) in [5.74, 6) is 1.70. The number of aromatic nitrogens is 4. The van der Waals surface area contributed by atoms with Crippen molar-refractivity contribution in [2.24, 2.45) is 5.14 Å². The molecular formula is C22H21N5O4S. The number of nitrogens with zero attached hydrogens (tertiary/aromatic N) is 4. The van der Waals surface area contributed by atoms with Gasteiger partial charge in [0.1, 0.15) is 11.5 Å². The summed E-state index contributed by atoms with van der Waals surface area (Å²) >= 11 is 0. The van der Waals surface area contributed by atoms with E-state index < -0.39 is 10.0 Å². The molecule has 0 atom stereocenters. The first kappa shape index (κ1) is 21.5. The fourth-order valence-corrected chi connectivity index (χ4v) is 4.16. The molecule has 0 aliphatic carbocycles. The molecule has 0 saturated carbocycles. The van der Waals surface area contributed by atoms with E-state index in [-0.39, 0.29) is 10.7 Å². The predicted molar refractivity (Wildman–Crippen MR) is 119 cm³/mol. The standard InChI is InChI=1S/C22H21N5O4S/c1-30-17-10-6-15(7-11-17)14-27-22(24-25-26-27)21-19(4-3-5-20(21)32(23,28)29)16-8-12-18(31-2)13-9-16/h3-13H,14H2,1-2H3,(H2,23,28,29). The third kappa shape index (κ3) is 4.32. The van der Waals surface area contributed by atoms with Gasteiger partial charge in [0.25, 0.3) is 0 Å². The highest BCUT2D eigenvalue weighted by atomic mass is 32.2. The number of sulfonamides is 1. The van der Waals surface area contributed by atoms with Crippen LogP contribution in [0.2, 0.25) is 0 Å². The highest BCUT2D eigenvalue weighted by Gasteiger charge is 2.24. The molecule has 0 spiro atoms. The van der Waals surface area contributed by atoms with Gasteiger partial charge in [0.05, 0.1) is 25.7 Å². The zero-order valence-corrected chi connectivity index (χ0v) is 18.3. The lowest BCUT2D eigenvalue weighted by atomic mass is 9.99. The topological polar surface area (TPSA) is 122 Å². The number of hydrogen-bond donors (Lipinski definition) is 1. The van der Waals surface area contributed by atoms with Gasteiger partial charge in [0.2, 0.25) is 10.0 Å². The van der Waals surface area contributed by atoms with Gasteiger partial charge in [0.15, 0.2) is 5.82 Å². The Hall–Kier alpha value is -3.76.